The van der Waals surface area contributed by atoms with Gasteiger partial charge in [-0.25, -0.2) is 0 Å². The molecule has 19 heavy (non-hydrogen) atoms. The summed E-state index contributed by atoms with van der Waals surface area (Å²) in [5, 5.41) is 5.95. The summed E-state index contributed by atoms with van der Waals surface area (Å²) in [4.78, 5) is 12.2. The van der Waals surface area contributed by atoms with Crippen LogP contribution in [-0.2, 0) is 0 Å². The fourth-order valence-electron chi connectivity index (χ4n) is 1.90. The van der Waals surface area contributed by atoms with Crippen LogP contribution in [0.5, 0.6) is 0 Å². The van der Waals surface area contributed by atoms with Crippen molar-refractivity contribution >= 4 is 17.3 Å². The highest BCUT2D eigenvalue weighted by Crippen LogP contribution is 2.19. The minimum atomic E-state index is -0.104. The number of hydrogen-bond donors (Lipinski definition) is 2. The number of anilines is 2. The molecule has 2 N–H and O–H groups in total. The molecule has 1 amide bonds. The molecule has 0 heterocycles. The lowest BCUT2D eigenvalue weighted by atomic mass is 10.1. The van der Waals surface area contributed by atoms with Gasteiger partial charge in [0.05, 0.1) is 5.56 Å². The van der Waals surface area contributed by atoms with E-state index >= 15 is 0 Å². The van der Waals surface area contributed by atoms with E-state index in [2.05, 4.69) is 10.6 Å². The Hall–Kier alpha value is -2.29. The van der Waals surface area contributed by atoms with E-state index in [4.69, 9.17) is 0 Å². The van der Waals surface area contributed by atoms with Gasteiger partial charge in [-0.05, 0) is 43.7 Å². The molecular weight excluding hydrogens is 236 g/mol. The SMILES string of the molecule is CNc1cc(C)ccc1C(=O)Nc1ccc(C)cc1. The second-order valence-corrected chi connectivity index (χ2v) is 4.62. The molecule has 0 bridgehead atoms. The first kappa shape index (κ1) is 13.1. The summed E-state index contributed by atoms with van der Waals surface area (Å²) in [6, 6.07) is 13.5. The summed E-state index contributed by atoms with van der Waals surface area (Å²) in [7, 11) is 1.82. The lowest BCUT2D eigenvalue weighted by Crippen LogP contribution is -2.14. The third-order valence-electron chi connectivity index (χ3n) is 3.00. The van der Waals surface area contributed by atoms with Crippen LogP contribution in [0.25, 0.3) is 0 Å². The number of hydrogen-bond acceptors (Lipinski definition) is 2. The first-order valence-electron chi connectivity index (χ1n) is 6.26. The first-order valence-corrected chi connectivity index (χ1v) is 6.26. The van der Waals surface area contributed by atoms with Gasteiger partial charge in [0.15, 0.2) is 0 Å². The molecule has 0 aliphatic rings. The Balaban J connectivity index is 2.22. The zero-order valence-corrected chi connectivity index (χ0v) is 11.4. The third-order valence-corrected chi connectivity index (χ3v) is 3.00. The average Bonchev–Trinajstić information content (AvgIpc) is 2.41. The Morgan fingerprint density at radius 1 is 0.947 bits per heavy atom. The van der Waals surface area contributed by atoms with Crippen molar-refractivity contribution in [3.63, 3.8) is 0 Å². The van der Waals surface area contributed by atoms with Gasteiger partial charge in [0.2, 0.25) is 0 Å². The lowest BCUT2D eigenvalue weighted by molar-refractivity contribution is 0.102. The van der Waals surface area contributed by atoms with Crippen molar-refractivity contribution in [2.24, 2.45) is 0 Å². The van der Waals surface area contributed by atoms with E-state index < -0.39 is 0 Å². The van der Waals surface area contributed by atoms with Gasteiger partial charge in [0.1, 0.15) is 0 Å². The zero-order valence-electron chi connectivity index (χ0n) is 11.4. The van der Waals surface area contributed by atoms with Gasteiger partial charge in [-0.3, -0.25) is 4.79 Å². The zero-order chi connectivity index (χ0) is 13.8. The quantitative estimate of drug-likeness (QED) is 0.878. The van der Waals surface area contributed by atoms with Crippen molar-refractivity contribution in [1.82, 2.24) is 0 Å². The van der Waals surface area contributed by atoms with E-state index in [1.807, 2.05) is 63.4 Å². The van der Waals surface area contributed by atoms with E-state index in [9.17, 15) is 4.79 Å². The predicted octanol–water partition coefficient (Wildman–Crippen LogP) is 3.60. The Bertz CT molecular complexity index is 588. The van der Waals surface area contributed by atoms with Crippen LogP contribution < -0.4 is 10.6 Å². The lowest BCUT2D eigenvalue weighted by Gasteiger charge is -2.11. The molecule has 98 valence electrons. The topological polar surface area (TPSA) is 41.1 Å². The molecule has 0 spiro atoms. The highest BCUT2D eigenvalue weighted by atomic mass is 16.1. The second kappa shape index (κ2) is 5.57. The molecular formula is C16H18N2O. The first-order chi connectivity index (χ1) is 9.10. The molecule has 0 aliphatic carbocycles. The molecule has 0 fully saturated rings. The van der Waals surface area contributed by atoms with Gasteiger partial charge < -0.3 is 10.6 Å². The molecule has 3 nitrogen and oxygen atoms in total. The highest BCUT2D eigenvalue weighted by Gasteiger charge is 2.10. The summed E-state index contributed by atoms with van der Waals surface area (Å²) < 4.78 is 0. The van der Waals surface area contributed by atoms with E-state index in [0.717, 1.165) is 16.9 Å². The molecule has 0 unspecified atom stereocenters. The molecule has 0 aromatic heterocycles. The minimum Gasteiger partial charge on any atom is -0.387 e. The molecule has 2 aromatic rings. The van der Waals surface area contributed by atoms with Crippen molar-refractivity contribution in [3.05, 3.63) is 59.2 Å². The van der Waals surface area contributed by atoms with Gasteiger partial charge in [0.25, 0.3) is 5.91 Å². The van der Waals surface area contributed by atoms with Crippen molar-refractivity contribution in [2.75, 3.05) is 17.7 Å². The number of nitrogens with one attached hydrogen (secondary N) is 2. The molecule has 3 heteroatoms. The standard InChI is InChI=1S/C16H18N2O/c1-11-4-7-13(8-5-11)18-16(19)14-9-6-12(2)10-15(14)17-3/h4-10,17H,1-3H3,(H,18,19). The number of benzene rings is 2. The van der Waals surface area contributed by atoms with Gasteiger partial charge in [0, 0.05) is 18.4 Å². The molecule has 2 rings (SSSR count). The van der Waals surface area contributed by atoms with Crippen LogP contribution in [0.2, 0.25) is 0 Å². The van der Waals surface area contributed by atoms with E-state index in [0.29, 0.717) is 5.56 Å². The summed E-state index contributed by atoms with van der Waals surface area (Å²) >= 11 is 0. The van der Waals surface area contributed by atoms with E-state index in [-0.39, 0.29) is 5.91 Å². The normalized spacial score (nSPS) is 10.1. The Labute approximate surface area is 113 Å². The molecule has 0 saturated carbocycles. The largest absolute Gasteiger partial charge is 0.387 e. The van der Waals surface area contributed by atoms with Crippen LogP contribution in [0.3, 0.4) is 0 Å². The van der Waals surface area contributed by atoms with Crippen molar-refractivity contribution < 1.29 is 4.79 Å². The van der Waals surface area contributed by atoms with E-state index in [1.165, 1.54) is 5.56 Å². The van der Waals surface area contributed by atoms with Gasteiger partial charge >= 0.3 is 0 Å². The minimum absolute atomic E-state index is 0.104. The van der Waals surface area contributed by atoms with Crippen molar-refractivity contribution in [1.29, 1.82) is 0 Å². The third kappa shape index (κ3) is 3.13. The second-order valence-electron chi connectivity index (χ2n) is 4.62. The van der Waals surface area contributed by atoms with Crippen LogP contribution in [0.4, 0.5) is 11.4 Å². The predicted molar refractivity (Wildman–Crippen MR) is 79.9 cm³/mol. The fraction of sp³-hybridized carbons (Fsp3) is 0.188. The fourth-order valence-corrected chi connectivity index (χ4v) is 1.90. The van der Waals surface area contributed by atoms with Gasteiger partial charge in [-0.1, -0.05) is 23.8 Å². The molecule has 0 aliphatic heterocycles. The van der Waals surface area contributed by atoms with Crippen LogP contribution in [-0.4, -0.2) is 13.0 Å². The number of aryl methyl sites for hydroxylation is 2. The number of carbonyl (C=O) groups excluding carboxylic acids is 1. The average molecular weight is 254 g/mol. The van der Waals surface area contributed by atoms with Crippen molar-refractivity contribution in [3.8, 4) is 0 Å². The van der Waals surface area contributed by atoms with Crippen molar-refractivity contribution in [2.45, 2.75) is 13.8 Å². The molecule has 2 aromatic carbocycles. The molecule has 0 atom stereocenters. The molecule has 0 saturated heterocycles. The Morgan fingerprint density at radius 2 is 1.58 bits per heavy atom. The number of rotatable bonds is 3. The van der Waals surface area contributed by atoms with Gasteiger partial charge in [-0.15, -0.1) is 0 Å². The summed E-state index contributed by atoms with van der Waals surface area (Å²) in [6.45, 7) is 4.02. The maximum Gasteiger partial charge on any atom is 0.257 e. The summed E-state index contributed by atoms with van der Waals surface area (Å²) in [5.41, 5.74) is 4.58. The van der Waals surface area contributed by atoms with E-state index in [1.54, 1.807) is 0 Å². The van der Waals surface area contributed by atoms with Crippen LogP contribution in [0, 0.1) is 13.8 Å². The van der Waals surface area contributed by atoms with Crippen LogP contribution >= 0.6 is 0 Å². The highest BCUT2D eigenvalue weighted by molar-refractivity contribution is 6.08. The van der Waals surface area contributed by atoms with Gasteiger partial charge in [-0.2, -0.15) is 0 Å². The monoisotopic (exact) mass is 254 g/mol. The maximum atomic E-state index is 12.2. The smallest absolute Gasteiger partial charge is 0.257 e. The Morgan fingerprint density at radius 3 is 2.21 bits per heavy atom. The number of amides is 1. The summed E-state index contributed by atoms with van der Waals surface area (Å²) in [5.74, 6) is -0.104. The number of carbonyl (C=O) groups is 1. The van der Waals surface area contributed by atoms with Crippen LogP contribution in [0.1, 0.15) is 21.5 Å². The maximum absolute atomic E-state index is 12.2. The Kier molecular flexibility index (Phi) is 3.85. The summed E-state index contributed by atoms with van der Waals surface area (Å²) in [6.07, 6.45) is 0. The molecule has 0 radical (unpaired) electrons. The van der Waals surface area contributed by atoms with Crippen LogP contribution in [0.15, 0.2) is 42.5 Å².